The van der Waals surface area contributed by atoms with Crippen molar-refractivity contribution in [2.24, 2.45) is 5.73 Å². The maximum atomic E-state index is 10.7. The van der Waals surface area contributed by atoms with Gasteiger partial charge in [-0.3, -0.25) is 0 Å². The molecule has 0 fully saturated rings. The highest BCUT2D eigenvalue weighted by molar-refractivity contribution is 9.10. The predicted octanol–water partition coefficient (Wildman–Crippen LogP) is 4.50. The molecule has 2 atom stereocenters. The first-order valence-electron chi connectivity index (χ1n) is 6.83. The fourth-order valence-electron chi connectivity index (χ4n) is 2.42. The van der Waals surface area contributed by atoms with Crippen LogP contribution < -0.4 is 5.73 Å². The van der Waals surface area contributed by atoms with Crippen LogP contribution in [0.15, 0.2) is 40.9 Å². The van der Waals surface area contributed by atoms with Gasteiger partial charge in [0.25, 0.3) is 0 Å². The van der Waals surface area contributed by atoms with Crippen molar-refractivity contribution >= 4 is 27.5 Å². The van der Waals surface area contributed by atoms with Crippen molar-refractivity contribution in [3.05, 3.63) is 68.1 Å². The number of halogens is 2. The Hall–Kier alpha value is -0.870. The molecule has 0 bridgehead atoms. The van der Waals surface area contributed by atoms with Gasteiger partial charge < -0.3 is 10.8 Å². The number of aliphatic hydroxyl groups excluding tert-OH is 1. The molecule has 0 aliphatic carbocycles. The van der Waals surface area contributed by atoms with E-state index in [4.69, 9.17) is 17.3 Å². The second-order valence-electron chi connectivity index (χ2n) is 5.33. The molecule has 2 unspecified atom stereocenters. The third kappa shape index (κ3) is 3.86. The third-order valence-electron chi connectivity index (χ3n) is 3.82. The summed E-state index contributed by atoms with van der Waals surface area (Å²) in [4.78, 5) is 0. The van der Waals surface area contributed by atoms with Gasteiger partial charge in [-0.2, -0.15) is 0 Å². The summed E-state index contributed by atoms with van der Waals surface area (Å²) in [7, 11) is 0. The van der Waals surface area contributed by atoms with Crippen LogP contribution in [0, 0.1) is 13.8 Å². The molecule has 2 nitrogen and oxygen atoms in total. The zero-order valence-electron chi connectivity index (χ0n) is 12.1. The summed E-state index contributed by atoms with van der Waals surface area (Å²) in [5.41, 5.74) is 10.1. The highest BCUT2D eigenvalue weighted by Gasteiger charge is 2.22. The Morgan fingerprint density at radius 1 is 1.10 bits per heavy atom. The Kier molecular flexibility index (Phi) is 5.44. The minimum absolute atomic E-state index is 0.158. The van der Waals surface area contributed by atoms with Crippen molar-refractivity contribution in [3.8, 4) is 0 Å². The lowest BCUT2D eigenvalue weighted by atomic mass is 9.88. The van der Waals surface area contributed by atoms with Crippen LogP contribution in [0.1, 0.15) is 34.3 Å². The van der Waals surface area contributed by atoms with Crippen molar-refractivity contribution in [1.82, 2.24) is 0 Å². The Morgan fingerprint density at radius 3 is 2.38 bits per heavy atom. The molecule has 0 heterocycles. The summed E-state index contributed by atoms with van der Waals surface area (Å²) in [6, 6.07) is 11.6. The van der Waals surface area contributed by atoms with E-state index in [1.807, 2.05) is 12.1 Å². The average molecular weight is 369 g/mol. The van der Waals surface area contributed by atoms with E-state index in [2.05, 4.69) is 41.9 Å². The maximum absolute atomic E-state index is 10.7. The van der Waals surface area contributed by atoms with Gasteiger partial charge in [-0.25, -0.2) is 0 Å². The maximum Gasteiger partial charge on any atom is 0.0871 e. The van der Waals surface area contributed by atoms with Crippen molar-refractivity contribution in [2.45, 2.75) is 25.9 Å². The molecule has 2 aromatic rings. The highest BCUT2D eigenvalue weighted by atomic mass is 79.9. The molecule has 0 aliphatic heterocycles. The first-order valence-corrected chi connectivity index (χ1v) is 8.00. The van der Waals surface area contributed by atoms with Crippen LogP contribution in [-0.4, -0.2) is 11.7 Å². The summed E-state index contributed by atoms with van der Waals surface area (Å²) in [6.45, 7) is 4.50. The Morgan fingerprint density at radius 2 is 1.81 bits per heavy atom. The monoisotopic (exact) mass is 367 g/mol. The van der Waals surface area contributed by atoms with Gasteiger partial charge in [0, 0.05) is 22.0 Å². The zero-order valence-corrected chi connectivity index (χ0v) is 14.4. The molecule has 21 heavy (non-hydrogen) atoms. The number of benzene rings is 2. The number of aryl methyl sites for hydroxylation is 2. The Bertz CT molecular complexity index is 624. The van der Waals surface area contributed by atoms with Crippen molar-refractivity contribution in [1.29, 1.82) is 0 Å². The average Bonchev–Trinajstić information content (AvgIpc) is 2.42. The topological polar surface area (TPSA) is 46.2 Å². The highest BCUT2D eigenvalue weighted by Crippen LogP contribution is 2.33. The molecular weight excluding hydrogens is 350 g/mol. The first-order chi connectivity index (χ1) is 9.92. The van der Waals surface area contributed by atoms with Crippen molar-refractivity contribution in [3.63, 3.8) is 0 Å². The van der Waals surface area contributed by atoms with Gasteiger partial charge in [-0.1, -0.05) is 45.7 Å². The van der Waals surface area contributed by atoms with E-state index in [-0.39, 0.29) is 5.92 Å². The molecule has 4 heteroatoms. The number of hydrogen-bond acceptors (Lipinski definition) is 2. The minimum Gasteiger partial charge on any atom is -0.388 e. The molecule has 0 saturated heterocycles. The van der Waals surface area contributed by atoms with Gasteiger partial charge in [0.15, 0.2) is 0 Å². The van der Waals surface area contributed by atoms with E-state index < -0.39 is 6.10 Å². The smallest absolute Gasteiger partial charge is 0.0871 e. The van der Waals surface area contributed by atoms with E-state index in [0.717, 1.165) is 15.6 Å². The van der Waals surface area contributed by atoms with Crippen LogP contribution in [0.25, 0.3) is 0 Å². The van der Waals surface area contributed by atoms with Crippen molar-refractivity contribution < 1.29 is 5.11 Å². The third-order valence-corrected chi connectivity index (χ3v) is 4.50. The Balaban J connectivity index is 2.37. The predicted molar refractivity (Wildman–Crippen MR) is 91.8 cm³/mol. The number of aliphatic hydroxyl groups is 1. The standard InChI is InChI=1S/C17H19BrClNO/c1-10-3-4-12(5-11(10)2)16(9-20)17(21)13-6-14(18)8-15(19)7-13/h3-8,16-17,21H,9,20H2,1-2H3. The normalized spacial score (nSPS) is 14.0. The summed E-state index contributed by atoms with van der Waals surface area (Å²) in [6.07, 6.45) is -0.688. The fraction of sp³-hybridized carbons (Fsp3) is 0.294. The van der Waals surface area contributed by atoms with Crippen LogP contribution in [0.5, 0.6) is 0 Å². The largest absolute Gasteiger partial charge is 0.388 e. The van der Waals surface area contributed by atoms with E-state index in [0.29, 0.717) is 11.6 Å². The van der Waals surface area contributed by atoms with E-state index in [1.54, 1.807) is 12.1 Å². The molecular formula is C17H19BrClNO. The quantitative estimate of drug-likeness (QED) is 0.835. The summed E-state index contributed by atoms with van der Waals surface area (Å²) in [5.74, 6) is -0.158. The molecule has 0 aromatic heterocycles. The molecule has 0 amide bonds. The Labute approximate surface area is 139 Å². The lowest BCUT2D eigenvalue weighted by Gasteiger charge is -2.23. The van der Waals surface area contributed by atoms with Gasteiger partial charge in [0.2, 0.25) is 0 Å². The molecule has 0 saturated carbocycles. The number of nitrogens with two attached hydrogens (primary N) is 1. The van der Waals surface area contributed by atoms with Crippen LogP contribution in [0.3, 0.4) is 0 Å². The van der Waals surface area contributed by atoms with E-state index >= 15 is 0 Å². The SMILES string of the molecule is Cc1ccc(C(CN)C(O)c2cc(Cl)cc(Br)c2)cc1C. The van der Waals surface area contributed by atoms with Crippen molar-refractivity contribution in [2.75, 3.05) is 6.54 Å². The van der Waals surface area contributed by atoms with Gasteiger partial charge >= 0.3 is 0 Å². The fourth-order valence-corrected chi connectivity index (χ4v) is 3.31. The minimum atomic E-state index is -0.688. The molecule has 2 aromatic carbocycles. The number of rotatable bonds is 4. The van der Waals surface area contributed by atoms with Gasteiger partial charge in [0.1, 0.15) is 0 Å². The van der Waals surface area contributed by atoms with Crippen LogP contribution in [0.2, 0.25) is 5.02 Å². The molecule has 0 spiro atoms. The second-order valence-corrected chi connectivity index (χ2v) is 6.69. The summed E-state index contributed by atoms with van der Waals surface area (Å²) < 4.78 is 0.847. The molecule has 2 rings (SSSR count). The van der Waals surface area contributed by atoms with Gasteiger partial charge in [-0.15, -0.1) is 0 Å². The van der Waals surface area contributed by atoms with E-state index in [1.165, 1.54) is 11.1 Å². The number of hydrogen-bond donors (Lipinski definition) is 2. The van der Waals surface area contributed by atoms with Crippen LogP contribution in [0.4, 0.5) is 0 Å². The summed E-state index contributed by atoms with van der Waals surface area (Å²) >= 11 is 9.46. The molecule has 0 aliphatic rings. The lowest BCUT2D eigenvalue weighted by Crippen LogP contribution is -2.20. The van der Waals surface area contributed by atoms with Gasteiger partial charge in [0.05, 0.1) is 6.10 Å². The molecule has 3 N–H and O–H groups in total. The van der Waals surface area contributed by atoms with Crippen LogP contribution >= 0.6 is 27.5 Å². The van der Waals surface area contributed by atoms with E-state index in [9.17, 15) is 5.11 Å². The first kappa shape index (κ1) is 16.5. The molecule has 112 valence electrons. The summed E-state index contributed by atoms with van der Waals surface area (Å²) in [5, 5.41) is 11.3. The zero-order chi connectivity index (χ0) is 15.6. The second kappa shape index (κ2) is 6.93. The lowest BCUT2D eigenvalue weighted by molar-refractivity contribution is 0.147. The van der Waals surface area contributed by atoms with Gasteiger partial charge in [-0.05, 0) is 54.3 Å². The molecule has 0 radical (unpaired) electrons. The van der Waals surface area contributed by atoms with Crippen LogP contribution in [-0.2, 0) is 0 Å².